The van der Waals surface area contributed by atoms with Gasteiger partial charge in [0, 0.05) is 24.7 Å². The van der Waals surface area contributed by atoms with Gasteiger partial charge in [-0.2, -0.15) is 0 Å². The van der Waals surface area contributed by atoms with Crippen molar-refractivity contribution < 1.29 is 4.74 Å². The summed E-state index contributed by atoms with van der Waals surface area (Å²) in [5.74, 6) is 0. The maximum atomic E-state index is 6.86. The van der Waals surface area contributed by atoms with Gasteiger partial charge in [-0.05, 0) is 42.7 Å². The minimum atomic E-state index is -0.503. The molecule has 3 aromatic rings. The molecular weight excluding hydrogens is 366 g/mol. The van der Waals surface area contributed by atoms with E-state index in [1.54, 1.807) is 0 Å². The van der Waals surface area contributed by atoms with Crippen molar-refractivity contribution in [2.75, 3.05) is 13.1 Å². The molecule has 1 aliphatic rings. The number of hydrogen-bond acceptors (Lipinski definition) is 2. The van der Waals surface area contributed by atoms with E-state index in [1.807, 2.05) is 12.1 Å². The van der Waals surface area contributed by atoms with E-state index in [1.165, 1.54) is 16.7 Å². The van der Waals surface area contributed by atoms with Crippen LogP contribution in [0.1, 0.15) is 30.5 Å². The second-order valence-electron chi connectivity index (χ2n) is 8.19. The predicted molar refractivity (Wildman–Crippen MR) is 116 cm³/mol. The summed E-state index contributed by atoms with van der Waals surface area (Å²) in [5, 5.41) is 0.772. The number of halogens is 1. The summed E-state index contributed by atoms with van der Waals surface area (Å²) in [5.41, 5.74) is 2.86. The number of ether oxygens (including phenoxy) is 1. The molecule has 1 fully saturated rings. The van der Waals surface area contributed by atoms with E-state index in [9.17, 15) is 0 Å². The van der Waals surface area contributed by atoms with Crippen LogP contribution in [0.15, 0.2) is 84.9 Å². The Morgan fingerprint density at radius 3 is 1.86 bits per heavy atom. The molecular formula is C25H26ClNO. The fourth-order valence-electron chi connectivity index (χ4n) is 4.29. The van der Waals surface area contributed by atoms with E-state index in [2.05, 4.69) is 91.5 Å². The van der Waals surface area contributed by atoms with Crippen LogP contribution in [0.3, 0.4) is 0 Å². The second kappa shape index (κ2) is 7.71. The fourth-order valence-corrected chi connectivity index (χ4v) is 4.41. The zero-order chi connectivity index (χ0) is 19.6. The van der Waals surface area contributed by atoms with Gasteiger partial charge in [0.2, 0.25) is 0 Å². The SMILES string of the molecule is CC1(C)CN(Cc2ccc(Cl)cc2)CC(c2ccccc2)(c2ccccc2)O1. The Labute approximate surface area is 172 Å². The highest BCUT2D eigenvalue weighted by atomic mass is 35.5. The van der Waals surface area contributed by atoms with Crippen LogP contribution in [0, 0.1) is 0 Å². The van der Waals surface area contributed by atoms with Gasteiger partial charge in [-0.25, -0.2) is 0 Å². The van der Waals surface area contributed by atoms with E-state index in [0.29, 0.717) is 0 Å². The summed E-state index contributed by atoms with van der Waals surface area (Å²) in [4.78, 5) is 2.49. The van der Waals surface area contributed by atoms with Gasteiger partial charge in [0.15, 0.2) is 0 Å². The smallest absolute Gasteiger partial charge is 0.131 e. The van der Waals surface area contributed by atoms with Crippen molar-refractivity contribution in [3.63, 3.8) is 0 Å². The number of morpholine rings is 1. The molecule has 0 bridgehead atoms. The lowest BCUT2D eigenvalue weighted by atomic mass is 9.82. The fraction of sp³-hybridized carbons (Fsp3) is 0.280. The van der Waals surface area contributed by atoms with E-state index in [4.69, 9.17) is 16.3 Å². The van der Waals surface area contributed by atoms with Crippen molar-refractivity contribution in [2.24, 2.45) is 0 Å². The number of rotatable bonds is 4. The van der Waals surface area contributed by atoms with Crippen LogP contribution in [0.5, 0.6) is 0 Å². The number of hydrogen-bond donors (Lipinski definition) is 0. The molecule has 0 N–H and O–H groups in total. The standard InChI is InChI=1S/C25H26ClNO/c1-24(2)18-27(17-20-13-15-23(26)16-14-20)19-25(28-24,21-9-5-3-6-10-21)22-11-7-4-8-12-22/h3-16H,17-19H2,1-2H3. The van der Waals surface area contributed by atoms with Crippen molar-refractivity contribution in [3.05, 3.63) is 107 Å². The third kappa shape index (κ3) is 4.00. The molecule has 1 heterocycles. The number of benzene rings is 3. The van der Waals surface area contributed by atoms with Gasteiger partial charge < -0.3 is 4.74 Å². The van der Waals surface area contributed by atoms with Crippen molar-refractivity contribution >= 4 is 11.6 Å². The average molecular weight is 392 g/mol. The maximum Gasteiger partial charge on any atom is 0.131 e. The molecule has 0 radical (unpaired) electrons. The highest BCUT2D eigenvalue weighted by molar-refractivity contribution is 6.30. The Kier molecular flexibility index (Phi) is 5.29. The molecule has 0 aromatic heterocycles. The highest BCUT2D eigenvalue weighted by Crippen LogP contribution is 2.42. The van der Waals surface area contributed by atoms with Crippen molar-refractivity contribution in [3.8, 4) is 0 Å². The average Bonchev–Trinajstić information content (AvgIpc) is 2.70. The molecule has 0 aliphatic carbocycles. The molecule has 0 amide bonds. The zero-order valence-electron chi connectivity index (χ0n) is 16.4. The highest BCUT2D eigenvalue weighted by Gasteiger charge is 2.46. The lowest BCUT2D eigenvalue weighted by molar-refractivity contribution is -0.185. The summed E-state index contributed by atoms with van der Waals surface area (Å²) in [7, 11) is 0. The Bertz CT molecular complexity index is 867. The van der Waals surface area contributed by atoms with Crippen LogP contribution >= 0.6 is 11.6 Å². The van der Waals surface area contributed by atoms with Crippen molar-refractivity contribution in [2.45, 2.75) is 31.6 Å². The summed E-state index contributed by atoms with van der Waals surface area (Å²) in [6, 6.07) is 29.3. The lowest BCUT2D eigenvalue weighted by Gasteiger charge is -2.51. The van der Waals surface area contributed by atoms with Crippen LogP contribution in [0.4, 0.5) is 0 Å². The first-order valence-corrected chi connectivity index (χ1v) is 10.1. The molecule has 0 unspecified atom stereocenters. The van der Waals surface area contributed by atoms with E-state index in [-0.39, 0.29) is 5.60 Å². The molecule has 144 valence electrons. The van der Waals surface area contributed by atoms with Crippen LogP contribution in [-0.2, 0) is 16.9 Å². The summed E-state index contributed by atoms with van der Waals surface area (Å²) in [6.07, 6.45) is 0. The monoisotopic (exact) mass is 391 g/mol. The third-order valence-corrected chi connectivity index (χ3v) is 5.55. The molecule has 4 rings (SSSR count). The Balaban J connectivity index is 1.75. The number of nitrogens with zero attached hydrogens (tertiary/aromatic N) is 1. The molecule has 28 heavy (non-hydrogen) atoms. The Hall–Kier alpha value is -2.13. The van der Waals surface area contributed by atoms with Gasteiger partial charge >= 0.3 is 0 Å². The molecule has 3 aromatic carbocycles. The van der Waals surface area contributed by atoms with Crippen LogP contribution in [0.25, 0.3) is 0 Å². The third-order valence-electron chi connectivity index (χ3n) is 5.30. The molecule has 2 nitrogen and oxygen atoms in total. The van der Waals surface area contributed by atoms with Crippen LogP contribution < -0.4 is 0 Å². The first kappa shape index (κ1) is 19.2. The predicted octanol–water partition coefficient (Wildman–Crippen LogP) is 5.89. The maximum absolute atomic E-state index is 6.86. The van der Waals surface area contributed by atoms with E-state index in [0.717, 1.165) is 24.7 Å². The molecule has 0 spiro atoms. The minimum Gasteiger partial charge on any atom is -0.357 e. The van der Waals surface area contributed by atoms with E-state index >= 15 is 0 Å². The largest absolute Gasteiger partial charge is 0.357 e. The molecule has 3 heteroatoms. The normalized spacial score (nSPS) is 18.7. The topological polar surface area (TPSA) is 12.5 Å². The first-order chi connectivity index (χ1) is 13.5. The van der Waals surface area contributed by atoms with Gasteiger partial charge in [-0.3, -0.25) is 4.90 Å². The van der Waals surface area contributed by atoms with Crippen molar-refractivity contribution in [1.82, 2.24) is 4.90 Å². The van der Waals surface area contributed by atoms with Gasteiger partial charge in [0.25, 0.3) is 0 Å². The van der Waals surface area contributed by atoms with Crippen LogP contribution in [0.2, 0.25) is 5.02 Å². The zero-order valence-corrected chi connectivity index (χ0v) is 17.2. The molecule has 0 saturated carbocycles. The van der Waals surface area contributed by atoms with Gasteiger partial charge in [-0.1, -0.05) is 84.4 Å². The Morgan fingerprint density at radius 1 is 0.786 bits per heavy atom. The first-order valence-electron chi connectivity index (χ1n) is 9.75. The summed E-state index contributed by atoms with van der Waals surface area (Å²) < 4.78 is 6.86. The van der Waals surface area contributed by atoms with E-state index < -0.39 is 5.60 Å². The Morgan fingerprint density at radius 2 is 1.32 bits per heavy atom. The quantitative estimate of drug-likeness (QED) is 0.549. The van der Waals surface area contributed by atoms with Gasteiger partial charge in [0.05, 0.1) is 5.60 Å². The van der Waals surface area contributed by atoms with Crippen molar-refractivity contribution in [1.29, 1.82) is 0 Å². The molecule has 1 saturated heterocycles. The molecule has 0 atom stereocenters. The molecule has 1 aliphatic heterocycles. The lowest BCUT2D eigenvalue weighted by Crippen LogP contribution is -2.58. The second-order valence-corrected chi connectivity index (χ2v) is 8.63. The summed E-state index contributed by atoms with van der Waals surface area (Å²) in [6.45, 7) is 6.90. The van der Waals surface area contributed by atoms with Crippen LogP contribution in [-0.4, -0.2) is 23.6 Å². The van der Waals surface area contributed by atoms with Gasteiger partial charge in [0.1, 0.15) is 5.60 Å². The minimum absolute atomic E-state index is 0.281. The summed E-state index contributed by atoms with van der Waals surface area (Å²) >= 11 is 6.07. The van der Waals surface area contributed by atoms with Gasteiger partial charge in [-0.15, -0.1) is 0 Å².